The van der Waals surface area contributed by atoms with Crippen LogP contribution in [0, 0.1) is 0 Å². The first-order valence-electron chi connectivity index (χ1n) is 13.6. The van der Waals surface area contributed by atoms with Gasteiger partial charge in [-0.3, -0.25) is 0 Å². The third kappa shape index (κ3) is 13.2. The molecule has 234 valence electrons. The van der Waals surface area contributed by atoms with E-state index in [4.69, 9.17) is 0 Å². The molecule has 0 heterocycles. The van der Waals surface area contributed by atoms with Crippen molar-refractivity contribution in [3.8, 4) is 0 Å². The van der Waals surface area contributed by atoms with Crippen molar-refractivity contribution < 1.29 is 43.1 Å². The molecule has 0 saturated carbocycles. The van der Waals surface area contributed by atoms with Gasteiger partial charge in [0.05, 0.1) is 0 Å². The molecule has 14 heteroatoms. The maximum Gasteiger partial charge on any atom is 3.00 e. The molecule has 0 aliphatic heterocycles. The fraction of sp³-hybridized carbons (Fsp3) is 0.0909. The van der Waals surface area contributed by atoms with Crippen LogP contribution in [0.25, 0.3) is 32.3 Å². The second-order valence-electron chi connectivity index (χ2n) is 10.2. The van der Waals surface area contributed by atoms with Crippen molar-refractivity contribution in [2.45, 2.75) is 18.5 Å². The van der Waals surface area contributed by atoms with Crippen molar-refractivity contribution >= 4 is 89.8 Å². The van der Waals surface area contributed by atoms with E-state index in [2.05, 4.69) is 0 Å². The summed E-state index contributed by atoms with van der Waals surface area (Å²) in [7, 11) is -13.5. The van der Waals surface area contributed by atoms with Gasteiger partial charge >= 0.3 is 34.7 Å². The minimum atomic E-state index is -4.49. The van der Waals surface area contributed by atoms with E-state index >= 15 is 0 Å². The number of rotatable bonds is 6. The first-order valence-corrected chi connectivity index (χ1v) is 18.8. The van der Waals surface area contributed by atoms with Crippen LogP contribution in [-0.2, 0) is 32.2 Å². The monoisotopic (exact) mass is 714 g/mol. The number of hydrogen-bond acceptors (Lipinski definition) is 9. The van der Waals surface area contributed by atoms with Crippen molar-refractivity contribution in [1.29, 1.82) is 0 Å². The smallest absolute Gasteiger partial charge is 0.810 e. The topological polar surface area (TPSA) is 190 Å². The van der Waals surface area contributed by atoms with E-state index in [0.29, 0.717) is 16.7 Å². The van der Waals surface area contributed by atoms with Gasteiger partial charge in [0.1, 0.15) is 0 Å². The van der Waals surface area contributed by atoms with E-state index in [1.165, 1.54) is 0 Å². The van der Waals surface area contributed by atoms with Crippen LogP contribution < -0.4 is 29.4 Å². The Morgan fingerprint density at radius 2 is 0.553 bits per heavy atom. The van der Waals surface area contributed by atoms with E-state index in [-0.39, 0.29) is 34.7 Å². The maximum atomic E-state index is 10.7. The quantitative estimate of drug-likeness (QED) is 0.185. The van der Waals surface area contributed by atoms with Gasteiger partial charge in [-0.1, -0.05) is 150 Å². The van der Waals surface area contributed by atoms with Crippen molar-refractivity contribution in [3.05, 3.63) is 144 Å². The molecule has 0 radical (unpaired) electrons. The zero-order chi connectivity index (χ0) is 32.7. The summed E-state index contributed by atoms with van der Waals surface area (Å²) in [5, 5.41) is 5.32. The van der Waals surface area contributed by atoms with Gasteiger partial charge in [0.15, 0.2) is 0 Å². The van der Waals surface area contributed by atoms with Crippen molar-refractivity contribution in [3.63, 3.8) is 0 Å². The van der Waals surface area contributed by atoms with Gasteiger partial charge in [0.25, 0.3) is 0 Å². The number of fused-ring (bicyclic) bond motifs is 3. The van der Waals surface area contributed by atoms with Crippen LogP contribution in [0.15, 0.2) is 127 Å². The van der Waals surface area contributed by atoms with Crippen LogP contribution in [-0.4, -0.2) is 34.7 Å². The van der Waals surface area contributed by atoms with Crippen LogP contribution in [0.1, 0.15) is 16.7 Å². The third-order valence-corrected chi connectivity index (χ3v) is 8.92. The molecule has 0 fully saturated rings. The van der Waals surface area contributed by atoms with Gasteiger partial charge < -0.3 is 43.1 Å². The normalized spacial score (nSPS) is 11.4. The summed E-state index contributed by atoms with van der Waals surface area (Å²) in [5.41, 5.74) is 1.71. The first kappa shape index (κ1) is 40.8. The Hall–Kier alpha value is -2.39. The molecular formula is C33H27Al2O9P3. The molecule has 0 aliphatic carbocycles. The largest absolute Gasteiger partial charge is 3.00 e. The van der Waals surface area contributed by atoms with Gasteiger partial charge in [0, 0.05) is 18.5 Å². The van der Waals surface area contributed by atoms with E-state index in [1.807, 2.05) is 91.0 Å². The Kier molecular flexibility index (Phi) is 15.5. The van der Waals surface area contributed by atoms with Crippen molar-refractivity contribution in [2.24, 2.45) is 0 Å². The Morgan fingerprint density at radius 1 is 0.340 bits per heavy atom. The maximum absolute atomic E-state index is 10.7. The summed E-state index contributed by atoms with van der Waals surface area (Å²) in [6.45, 7) is 0. The van der Waals surface area contributed by atoms with Gasteiger partial charge in [-0.25, -0.2) is 0 Å². The van der Waals surface area contributed by atoms with Crippen LogP contribution in [0.2, 0.25) is 0 Å². The van der Waals surface area contributed by atoms with Crippen LogP contribution in [0.3, 0.4) is 0 Å². The average molecular weight is 714 g/mol. The standard InChI is InChI=1S/3C11H11O3P.2Al/c3*12-15(13,14)8-10-6-3-5-9-4-1-2-7-11(9)10;;/h3*1-7H,8H2,(H2,12,13,14);;/q;;;2*+3/p-6. The molecule has 0 spiro atoms. The Balaban J connectivity index is 0.000000240. The molecule has 0 aliphatic rings. The molecule has 0 N–H and O–H groups in total. The molecule has 6 aromatic carbocycles. The van der Waals surface area contributed by atoms with Crippen molar-refractivity contribution in [1.82, 2.24) is 0 Å². The summed E-state index contributed by atoms with van der Waals surface area (Å²) in [6.07, 6.45) is -1.27. The minimum Gasteiger partial charge on any atom is -0.810 e. The van der Waals surface area contributed by atoms with Gasteiger partial charge in [0.2, 0.25) is 0 Å². The predicted molar refractivity (Wildman–Crippen MR) is 177 cm³/mol. The molecule has 0 saturated heterocycles. The summed E-state index contributed by atoms with van der Waals surface area (Å²) >= 11 is 0. The molecule has 6 rings (SSSR count). The third-order valence-electron chi connectivity index (χ3n) is 6.73. The van der Waals surface area contributed by atoms with Gasteiger partial charge in [-0.2, -0.15) is 0 Å². The van der Waals surface area contributed by atoms with Crippen LogP contribution in [0.4, 0.5) is 0 Å². The molecule has 0 bridgehead atoms. The minimum absolute atomic E-state index is 0. The molecular weight excluding hydrogens is 687 g/mol. The Morgan fingerprint density at radius 3 is 0.787 bits per heavy atom. The molecule has 0 aromatic heterocycles. The summed E-state index contributed by atoms with van der Waals surface area (Å²) in [4.78, 5) is 64.3. The predicted octanol–water partition coefficient (Wildman–Crippen LogP) is 3.00. The zero-order valence-electron chi connectivity index (χ0n) is 24.9. The van der Waals surface area contributed by atoms with E-state index < -0.39 is 41.3 Å². The van der Waals surface area contributed by atoms with Gasteiger partial charge in [-0.05, 0) is 49.0 Å². The first-order chi connectivity index (χ1) is 21.2. The molecule has 0 amide bonds. The summed E-state index contributed by atoms with van der Waals surface area (Å²) in [5.74, 6) is 0. The molecule has 6 aromatic rings. The SMILES string of the molecule is O=P([O-])([O-])Cc1cccc2ccccc12.O=P([O-])([O-])Cc1cccc2ccccc12.O=P([O-])([O-])Cc1cccc2ccccc12.[Al+3].[Al+3]. The molecule has 0 unspecified atom stereocenters. The van der Waals surface area contributed by atoms with Crippen molar-refractivity contribution in [2.75, 3.05) is 0 Å². The van der Waals surface area contributed by atoms with E-state index in [9.17, 15) is 43.1 Å². The fourth-order valence-corrected chi connectivity index (χ4v) is 7.00. The average Bonchev–Trinajstić information content (AvgIpc) is 2.96. The molecule has 9 nitrogen and oxygen atoms in total. The summed E-state index contributed by atoms with van der Waals surface area (Å²) < 4.78 is 32.1. The Labute approximate surface area is 294 Å². The Bertz CT molecular complexity index is 1820. The van der Waals surface area contributed by atoms with E-state index in [0.717, 1.165) is 32.3 Å². The summed E-state index contributed by atoms with van der Waals surface area (Å²) in [6, 6.07) is 38.2. The zero-order valence-corrected chi connectivity index (χ0v) is 29.9. The number of hydrogen-bond donors (Lipinski definition) is 0. The van der Waals surface area contributed by atoms with Crippen LogP contribution >= 0.6 is 22.8 Å². The second-order valence-corrected chi connectivity index (χ2v) is 14.8. The van der Waals surface area contributed by atoms with Gasteiger partial charge in [-0.15, -0.1) is 0 Å². The fourth-order valence-electron chi connectivity index (χ4n) is 4.92. The second kappa shape index (κ2) is 17.8. The molecule has 47 heavy (non-hydrogen) atoms. The number of benzene rings is 6. The van der Waals surface area contributed by atoms with E-state index in [1.54, 1.807) is 36.4 Å². The van der Waals surface area contributed by atoms with Crippen LogP contribution in [0.5, 0.6) is 0 Å². The molecule has 0 atom stereocenters.